The van der Waals surface area contributed by atoms with Gasteiger partial charge in [0.1, 0.15) is 5.76 Å². The Morgan fingerprint density at radius 2 is 2.15 bits per heavy atom. The lowest BCUT2D eigenvalue weighted by Gasteiger charge is -2.16. The van der Waals surface area contributed by atoms with E-state index in [0.29, 0.717) is 40.3 Å². The van der Waals surface area contributed by atoms with Crippen molar-refractivity contribution in [2.75, 3.05) is 20.8 Å². The zero-order valence-electron chi connectivity index (χ0n) is 15.2. The molecule has 0 radical (unpaired) electrons. The summed E-state index contributed by atoms with van der Waals surface area (Å²) in [4.78, 5) is 6.80. The molecule has 27 heavy (non-hydrogen) atoms. The van der Waals surface area contributed by atoms with Crippen LogP contribution in [0.4, 0.5) is 0 Å². The van der Waals surface area contributed by atoms with E-state index in [1.165, 1.54) is 5.56 Å². The molecule has 142 valence electrons. The lowest BCUT2D eigenvalue weighted by molar-refractivity contribution is 0.222. The fourth-order valence-electron chi connectivity index (χ4n) is 3.32. The van der Waals surface area contributed by atoms with Gasteiger partial charge in [0.15, 0.2) is 11.5 Å². The molecule has 0 saturated heterocycles. The lowest BCUT2D eigenvalue weighted by Crippen LogP contribution is -2.22. The number of halogens is 1. The summed E-state index contributed by atoms with van der Waals surface area (Å²) in [6.07, 6.45) is 3.74. The minimum absolute atomic E-state index is 0.429. The fraction of sp³-hybridized carbons (Fsp3) is 0.368. The molecule has 0 aliphatic carbocycles. The van der Waals surface area contributed by atoms with Crippen LogP contribution < -0.4 is 9.47 Å². The van der Waals surface area contributed by atoms with Gasteiger partial charge in [-0.1, -0.05) is 16.8 Å². The third kappa shape index (κ3) is 3.65. The number of methoxy groups -OCH3 is 2. The fourth-order valence-corrected chi connectivity index (χ4v) is 3.61. The summed E-state index contributed by atoms with van der Waals surface area (Å²) < 4.78 is 21.6. The third-order valence-corrected chi connectivity index (χ3v) is 4.91. The van der Waals surface area contributed by atoms with E-state index < -0.39 is 0 Å². The van der Waals surface area contributed by atoms with Gasteiger partial charge in [0.05, 0.1) is 32.1 Å². The summed E-state index contributed by atoms with van der Waals surface area (Å²) in [5, 5.41) is 4.52. The van der Waals surface area contributed by atoms with Gasteiger partial charge in [-0.05, 0) is 31.2 Å². The first-order valence-corrected chi connectivity index (χ1v) is 9.08. The van der Waals surface area contributed by atoms with Crippen LogP contribution in [-0.4, -0.2) is 35.8 Å². The molecule has 1 aromatic carbocycles. The smallest absolute Gasteiger partial charge is 0.241 e. The highest BCUT2D eigenvalue weighted by Gasteiger charge is 2.20. The van der Waals surface area contributed by atoms with E-state index in [4.69, 9.17) is 30.0 Å². The van der Waals surface area contributed by atoms with Crippen LogP contribution in [0, 0.1) is 0 Å². The molecule has 0 spiro atoms. The van der Waals surface area contributed by atoms with Gasteiger partial charge >= 0.3 is 0 Å². The molecule has 8 heteroatoms. The van der Waals surface area contributed by atoms with Crippen molar-refractivity contribution in [1.29, 1.82) is 0 Å². The van der Waals surface area contributed by atoms with Gasteiger partial charge in [0.25, 0.3) is 0 Å². The number of rotatable bonds is 5. The molecular formula is C19H20ClN3O4. The van der Waals surface area contributed by atoms with Crippen LogP contribution >= 0.6 is 11.6 Å². The summed E-state index contributed by atoms with van der Waals surface area (Å²) in [5.41, 5.74) is 1.93. The topological polar surface area (TPSA) is 73.8 Å². The van der Waals surface area contributed by atoms with E-state index >= 15 is 0 Å². The van der Waals surface area contributed by atoms with Crippen molar-refractivity contribution in [2.24, 2.45) is 0 Å². The molecule has 0 saturated carbocycles. The Morgan fingerprint density at radius 1 is 1.26 bits per heavy atom. The van der Waals surface area contributed by atoms with Crippen molar-refractivity contribution in [3.63, 3.8) is 0 Å². The van der Waals surface area contributed by atoms with E-state index in [1.807, 2.05) is 6.07 Å². The maximum Gasteiger partial charge on any atom is 0.241 e. The summed E-state index contributed by atoms with van der Waals surface area (Å²) in [5.74, 6) is 3.09. The van der Waals surface area contributed by atoms with Crippen molar-refractivity contribution in [2.45, 2.75) is 25.9 Å². The molecular weight excluding hydrogens is 370 g/mol. The van der Waals surface area contributed by atoms with Gasteiger partial charge in [0.2, 0.25) is 11.7 Å². The van der Waals surface area contributed by atoms with E-state index in [2.05, 4.69) is 15.0 Å². The first-order chi connectivity index (χ1) is 13.2. The molecule has 0 N–H and O–H groups in total. The minimum Gasteiger partial charge on any atom is -0.493 e. The standard InChI is InChI=1S/C19H20ClN3O4/c1-24-16-9-13(8-14(20)18(16)25-2)19-21-17(27-22-19)11-23-6-3-4-15-12(10-23)5-7-26-15/h5,7-9H,3-4,6,10-11H2,1-2H3. The number of fused-ring (bicyclic) bond motifs is 1. The second kappa shape index (κ2) is 7.62. The Morgan fingerprint density at radius 3 is 2.96 bits per heavy atom. The highest BCUT2D eigenvalue weighted by atomic mass is 35.5. The maximum absolute atomic E-state index is 6.27. The summed E-state index contributed by atoms with van der Waals surface area (Å²) in [6.45, 7) is 2.34. The van der Waals surface area contributed by atoms with Crippen LogP contribution in [0.25, 0.3) is 11.4 Å². The third-order valence-electron chi connectivity index (χ3n) is 4.63. The molecule has 4 rings (SSSR count). The van der Waals surface area contributed by atoms with E-state index in [9.17, 15) is 0 Å². The van der Waals surface area contributed by atoms with Gasteiger partial charge in [-0.15, -0.1) is 0 Å². The van der Waals surface area contributed by atoms with E-state index in [1.54, 1.807) is 32.6 Å². The SMILES string of the molecule is COc1cc(-c2noc(CN3CCCc4occc4C3)n2)cc(Cl)c1OC. The van der Waals surface area contributed by atoms with Crippen LogP contribution in [0.2, 0.25) is 5.02 Å². The molecule has 2 aromatic heterocycles. The zero-order chi connectivity index (χ0) is 18.8. The Hall–Kier alpha value is -2.51. The number of nitrogens with zero attached hydrogens (tertiary/aromatic N) is 3. The molecule has 0 amide bonds. The number of furan rings is 1. The largest absolute Gasteiger partial charge is 0.493 e. The lowest BCUT2D eigenvalue weighted by atomic mass is 10.2. The molecule has 7 nitrogen and oxygen atoms in total. The van der Waals surface area contributed by atoms with Crippen LogP contribution in [0.3, 0.4) is 0 Å². The normalized spacial score (nSPS) is 14.6. The number of hydrogen-bond donors (Lipinski definition) is 0. The van der Waals surface area contributed by atoms with Crippen molar-refractivity contribution >= 4 is 11.6 Å². The Balaban J connectivity index is 1.53. The van der Waals surface area contributed by atoms with Crippen molar-refractivity contribution < 1.29 is 18.4 Å². The van der Waals surface area contributed by atoms with Crippen LogP contribution in [0.15, 0.2) is 33.4 Å². The Kier molecular flexibility index (Phi) is 5.05. The predicted octanol–water partition coefficient (Wildman–Crippen LogP) is 3.95. The van der Waals surface area contributed by atoms with Gasteiger partial charge in [-0.2, -0.15) is 4.98 Å². The molecule has 1 aliphatic heterocycles. The molecule has 3 heterocycles. The summed E-state index contributed by atoms with van der Waals surface area (Å²) in [7, 11) is 3.10. The summed E-state index contributed by atoms with van der Waals surface area (Å²) >= 11 is 6.27. The van der Waals surface area contributed by atoms with Crippen LogP contribution in [-0.2, 0) is 19.5 Å². The number of hydrogen-bond acceptors (Lipinski definition) is 7. The average molecular weight is 390 g/mol. The van der Waals surface area contributed by atoms with E-state index in [-0.39, 0.29) is 0 Å². The second-order valence-electron chi connectivity index (χ2n) is 6.39. The predicted molar refractivity (Wildman–Crippen MR) is 99.0 cm³/mol. The van der Waals surface area contributed by atoms with Crippen molar-refractivity contribution in [1.82, 2.24) is 15.0 Å². The quantitative estimate of drug-likeness (QED) is 0.654. The van der Waals surface area contributed by atoms with Gasteiger partial charge in [-0.25, -0.2) is 0 Å². The second-order valence-corrected chi connectivity index (χ2v) is 6.80. The number of ether oxygens (including phenoxy) is 2. The van der Waals surface area contributed by atoms with Crippen molar-refractivity contribution in [3.8, 4) is 22.9 Å². The molecule has 0 unspecified atom stereocenters. The Labute approximate surface area is 161 Å². The van der Waals surface area contributed by atoms with Gasteiger partial charge in [-0.3, -0.25) is 4.90 Å². The van der Waals surface area contributed by atoms with Crippen LogP contribution in [0.1, 0.15) is 23.6 Å². The van der Waals surface area contributed by atoms with Gasteiger partial charge < -0.3 is 18.4 Å². The van der Waals surface area contributed by atoms with E-state index in [0.717, 1.165) is 31.7 Å². The van der Waals surface area contributed by atoms with Crippen LogP contribution in [0.5, 0.6) is 11.5 Å². The first-order valence-electron chi connectivity index (χ1n) is 8.70. The number of benzene rings is 1. The molecule has 1 aliphatic rings. The maximum atomic E-state index is 6.27. The highest BCUT2D eigenvalue weighted by Crippen LogP contribution is 2.38. The monoisotopic (exact) mass is 389 g/mol. The number of aromatic nitrogens is 2. The molecule has 0 fully saturated rings. The highest BCUT2D eigenvalue weighted by molar-refractivity contribution is 6.32. The summed E-state index contributed by atoms with van der Waals surface area (Å²) in [6, 6.07) is 5.54. The first kappa shape index (κ1) is 17.9. The number of aryl methyl sites for hydroxylation is 1. The van der Waals surface area contributed by atoms with Crippen molar-refractivity contribution in [3.05, 3.63) is 46.7 Å². The molecule has 0 bridgehead atoms. The zero-order valence-corrected chi connectivity index (χ0v) is 16.0. The molecule has 0 atom stereocenters. The van der Waals surface area contributed by atoms with Gasteiger partial charge in [0, 0.05) is 24.1 Å². The Bertz CT molecular complexity index is 937. The minimum atomic E-state index is 0.429. The average Bonchev–Trinajstić information content (AvgIpc) is 3.27. The molecule has 3 aromatic rings.